The van der Waals surface area contributed by atoms with Crippen LogP contribution in [-0.4, -0.2) is 12.5 Å². The monoisotopic (exact) mass is 381 g/mol. The number of halogens is 1. The average molecular weight is 381 g/mol. The molecule has 0 unspecified atom stereocenters. The zero-order valence-corrected chi connectivity index (χ0v) is 13.4. The average Bonchev–Trinajstić information content (AvgIpc) is 2.47. The lowest BCUT2D eigenvalue weighted by atomic mass is 10.2. The summed E-state index contributed by atoms with van der Waals surface area (Å²) < 4.78 is 6.71. The van der Waals surface area contributed by atoms with Crippen molar-refractivity contribution in [2.75, 3.05) is 6.54 Å². The second-order valence-electron chi connectivity index (χ2n) is 4.28. The van der Waals surface area contributed by atoms with Gasteiger partial charge in [-0.2, -0.15) is 0 Å². The van der Waals surface area contributed by atoms with Gasteiger partial charge in [-0.15, -0.1) is 0 Å². The molecule has 2 aromatic carbocycles. The van der Waals surface area contributed by atoms with Crippen molar-refractivity contribution in [3.8, 4) is 5.75 Å². The van der Waals surface area contributed by atoms with Gasteiger partial charge in [-0.05, 0) is 53.3 Å². The van der Waals surface area contributed by atoms with Crippen LogP contribution in [0.25, 0.3) is 0 Å². The molecule has 4 heteroatoms. The van der Waals surface area contributed by atoms with Crippen LogP contribution >= 0.6 is 22.6 Å². The molecular formula is C16H16INO2. The molecule has 0 aliphatic heterocycles. The number of ether oxygens (including phenoxy) is 1. The van der Waals surface area contributed by atoms with Gasteiger partial charge in [0.05, 0.1) is 3.57 Å². The van der Waals surface area contributed by atoms with Crippen molar-refractivity contribution in [2.24, 2.45) is 0 Å². The van der Waals surface area contributed by atoms with Crippen LogP contribution in [0.4, 0.5) is 0 Å². The maximum atomic E-state index is 11.7. The predicted molar refractivity (Wildman–Crippen MR) is 87.9 cm³/mol. The Kier molecular flexibility index (Phi) is 5.40. The van der Waals surface area contributed by atoms with Crippen molar-refractivity contribution in [3.63, 3.8) is 0 Å². The Morgan fingerprint density at radius 2 is 1.95 bits per heavy atom. The third kappa shape index (κ3) is 3.96. The van der Waals surface area contributed by atoms with E-state index < -0.39 is 0 Å². The molecule has 2 rings (SSSR count). The van der Waals surface area contributed by atoms with E-state index in [2.05, 4.69) is 27.9 Å². The van der Waals surface area contributed by atoms with Crippen LogP contribution in [0.5, 0.6) is 5.75 Å². The summed E-state index contributed by atoms with van der Waals surface area (Å²) in [5.41, 5.74) is 1.78. The Morgan fingerprint density at radius 1 is 1.20 bits per heavy atom. The van der Waals surface area contributed by atoms with Crippen LogP contribution in [0.2, 0.25) is 0 Å². The second-order valence-corrected chi connectivity index (χ2v) is 5.44. The van der Waals surface area contributed by atoms with Gasteiger partial charge in [0.2, 0.25) is 0 Å². The zero-order valence-electron chi connectivity index (χ0n) is 11.2. The summed E-state index contributed by atoms with van der Waals surface area (Å²) in [6.45, 7) is 3.05. The highest BCUT2D eigenvalue weighted by atomic mass is 127. The van der Waals surface area contributed by atoms with E-state index in [-0.39, 0.29) is 5.91 Å². The van der Waals surface area contributed by atoms with E-state index in [4.69, 9.17) is 4.74 Å². The second kappa shape index (κ2) is 7.28. The fourth-order valence-corrected chi connectivity index (χ4v) is 2.43. The van der Waals surface area contributed by atoms with Crippen molar-refractivity contribution >= 4 is 28.5 Å². The molecule has 0 atom stereocenters. The topological polar surface area (TPSA) is 38.3 Å². The lowest BCUT2D eigenvalue weighted by molar-refractivity contribution is 0.0955. The maximum absolute atomic E-state index is 11.7. The number of carbonyl (C=O) groups is 1. The highest BCUT2D eigenvalue weighted by Gasteiger charge is 2.08. The minimum atomic E-state index is -0.0555. The molecular weight excluding hydrogens is 365 g/mol. The standard InChI is InChI=1S/C16H16INO2/c1-2-18-16(19)13-8-9-15(14(17)10-13)20-11-12-6-4-3-5-7-12/h3-10H,2,11H2,1H3,(H,18,19). The first-order chi connectivity index (χ1) is 9.70. The quantitative estimate of drug-likeness (QED) is 0.804. The van der Waals surface area contributed by atoms with Gasteiger partial charge in [-0.25, -0.2) is 0 Å². The molecule has 104 valence electrons. The number of carbonyl (C=O) groups excluding carboxylic acids is 1. The Balaban J connectivity index is 2.04. The molecule has 0 radical (unpaired) electrons. The van der Waals surface area contributed by atoms with Crippen LogP contribution in [0.15, 0.2) is 48.5 Å². The first kappa shape index (κ1) is 14.8. The van der Waals surface area contributed by atoms with Crippen LogP contribution in [0.1, 0.15) is 22.8 Å². The minimum Gasteiger partial charge on any atom is -0.488 e. The van der Waals surface area contributed by atoms with Crippen molar-refractivity contribution in [1.29, 1.82) is 0 Å². The van der Waals surface area contributed by atoms with Gasteiger partial charge in [0, 0.05) is 12.1 Å². The van der Waals surface area contributed by atoms with Gasteiger partial charge in [0.15, 0.2) is 0 Å². The van der Waals surface area contributed by atoms with E-state index in [9.17, 15) is 4.79 Å². The largest absolute Gasteiger partial charge is 0.488 e. The lowest BCUT2D eigenvalue weighted by Crippen LogP contribution is -2.22. The van der Waals surface area contributed by atoms with Crippen molar-refractivity contribution in [1.82, 2.24) is 5.32 Å². The highest BCUT2D eigenvalue weighted by Crippen LogP contribution is 2.23. The molecule has 0 aliphatic carbocycles. The smallest absolute Gasteiger partial charge is 0.251 e. The number of rotatable bonds is 5. The van der Waals surface area contributed by atoms with Crippen molar-refractivity contribution in [3.05, 3.63) is 63.2 Å². The van der Waals surface area contributed by atoms with Crippen molar-refractivity contribution < 1.29 is 9.53 Å². The van der Waals surface area contributed by atoms with Gasteiger partial charge in [0.1, 0.15) is 12.4 Å². The number of benzene rings is 2. The molecule has 0 saturated carbocycles. The minimum absolute atomic E-state index is 0.0555. The van der Waals surface area contributed by atoms with E-state index in [1.54, 1.807) is 6.07 Å². The number of hydrogen-bond donors (Lipinski definition) is 1. The summed E-state index contributed by atoms with van der Waals surface area (Å²) in [7, 11) is 0. The molecule has 0 spiro atoms. The Hall–Kier alpha value is -1.56. The Bertz CT molecular complexity index is 584. The summed E-state index contributed by atoms with van der Waals surface area (Å²) in [4.78, 5) is 11.7. The van der Waals surface area contributed by atoms with Gasteiger partial charge in [0.25, 0.3) is 5.91 Å². The molecule has 0 bridgehead atoms. The van der Waals surface area contributed by atoms with Gasteiger partial charge in [-0.1, -0.05) is 30.3 Å². The van der Waals surface area contributed by atoms with Crippen LogP contribution in [0, 0.1) is 3.57 Å². The summed E-state index contributed by atoms with van der Waals surface area (Å²) in [5.74, 6) is 0.738. The number of nitrogens with one attached hydrogen (secondary N) is 1. The Morgan fingerprint density at radius 3 is 2.60 bits per heavy atom. The lowest BCUT2D eigenvalue weighted by Gasteiger charge is -2.10. The molecule has 1 N–H and O–H groups in total. The Labute approximate surface area is 132 Å². The van der Waals surface area contributed by atoms with Gasteiger partial charge < -0.3 is 10.1 Å². The number of hydrogen-bond acceptors (Lipinski definition) is 2. The molecule has 0 saturated heterocycles. The maximum Gasteiger partial charge on any atom is 0.251 e. The highest BCUT2D eigenvalue weighted by molar-refractivity contribution is 14.1. The molecule has 3 nitrogen and oxygen atoms in total. The van der Waals surface area contributed by atoms with E-state index in [1.807, 2.05) is 49.4 Å². The third-order valence-electron chi connectivity index (χ3n) is 2.77. The summed E-state index contributed by atoms with van der Waals surface area (Å²) in [6, 6.07) is 15.5. The molecule has 0 aliphatic rings. The molecule has 0 aromatic heterocycles. The summed E-state index contributed by atoms with van der Waals surface area (Å²) in [6.07, 6.45) is 0. The normalized spacial score (nSPS) is 10.1. The van der Waals surface area contributed by atoms with Gasteiger partial charge in [-0.3, -0.25) is 4.79 Å². The van der Waals surface area contributed by atoms with E-state index in [1.165, 1.54) is 0 Å². The van der Waals surface area contributed by atoms with E-state index in [0.29, 0.717) is 18.7 Å². The van der Waals surface area contributed by atoms with E-state index in [0.717, 1.165) is 14.9 Å². The van der Waals surface area contributed by atoms with Crippen LogP contribution in [0.3, 0.4) is 0 Å². The third-order valence-corrected chi connectivity index (χ3v) is 3.61. The number of amides is 1. The molecule has 1 amide bonds. The van der Waals surface area contributed by atoms with E-state index >= 15 is 0 Å². The SMILES string of the molecule is CCNC(=O)c1ccc(OCc2ccccc2)c(I)c1. The summed E-state index contributed by atoms with van der Waals surface area (Å²) in [5, 5.41) is 2.78. The predicted octanol–water partition coefficient (Wildman–Crippen LogP) is 3.62. The molecule has 0 fully saturated rings. The fourth-order valence-electron chi connectivity index (χ4n) is 1.76. The molecule has 2 aromatic rings. The fraction of sp³-hybridized carbons (Fsp3) is 0.188. The van der Waals surface area contributed by atoms with Gasteiger partial charge >= 0.3 is 0 Å². The first-order valence-corrected chi connectivity index (χ1v) is 7.53. The van der Waals surface area contributed by atoms with Crippen LogP contribution in [-0.2, 0) is 6.61 Å². The zero-order chi connectivity index (χ0) is 14.4. The molecule has 20 heavy (non-hydrogen) atoms. The van der Waals surface area contributed by atoms with Crippen LogP contribution < -0.4 is 10.1 Å². The first-order valence-electron chi connectivity index (χ1n) is 6.45. The molecule has 0 heterocycles. The summed E-state index contributed by atoms with van der Waals surface area (Å²) >= 11 is 2.19. The van der Waals surface area contributed by atoms with Crippen molar-refractivity contribution in [2.45, 2.75) is 13.5 Å².